The van der Waals surface area contributed by atoms with Crippen molar-refractivity contribution in [3.63, 3.8) is 0 Å². The van der Waals surface area contributed by atoms with Crippen LogP contribution in [0.15, 0.2) is 53.3 Å². The average Bonchev–Trinajstić information content (AvgIpc) is 3.07. The number of hydrogen-bond donors (Lipinski definition) is 1. The summed E-state index contributed by atoms with van der Waals surface area (Å²) >= 11 is 6.02. The van der Waals surface area contributed by atoms with Gasteiger partial charge in [-0.25, -0.2) is 9.59 Å². The number of carbonyl (C=O) groups is 1. The predicted octanol–water partition coefficient (Wildman–Crippen LogP) is 4.61. The van der Waals surface area contributed by atoms with E-state index in [1.807, 2.05) is 31.2 Å². The van der Waals surface area contributed by atoms with Crippen molar-refractivity contribution >= 4 is 17.6 Å². The first kappa shape index (κ1) is 20.4. The van der Waals surface area contributed by atoms with Gasteiger partial charge in [-0.1, -0.05) is 60.7 Å². The fourth-order valence-electron chi connectivity index (χ4n) is 3.84. The van der Waals surface area contributed by atoms with Crippen molar-refractivity contribution in [2.75, 3.05) is 0 Å². The number of rotatable bonds is 4. The molecule has 2 aromatic carbocycles. The van der Waals surface area contributed by atoms with Gasteiger partial charge in [0.15, 0.2) is 5.82 Å². The monoisotopic (exact) mass is 424 g/mol. The first-order chi connectivity index (χ1) is 14.5. The minimum atomic E-state index is -0.468. The van der Waals surface area contributed by atoms with Crippen molar-refractivity contribution in [1.82, 2.24) is 19.7 Å². The first-order valence-corrected chi connectivity index (χ1v) is 10.7. The maximum atomic E-state index is 13.2. The van der Waals surface area contributed by atoms with E-state index in [-0.39, 0.29) is 6.04 Å². The van der Waals surface area contributed by atoms with Gasteiger partial charge in [-0.2, -0.15) is 0 Å². The smallest absolute Gasteiger partial charge is 0.333 e. The third-order valence-electron chi connectivity index (χ3n) is 5.55. The van der Waals surface area contributed by atoms with Gasteiger partial charge in [-0.05, 0) is 49.6 Å². The normalized spacial score (nSPS) is 14.6. The Kier molecular flexibility index (Phi) is 6.04. The van der Waals surface area contributed by atoms with Crippen LogP contribution in [0.1, 0.15) is 43.2 Å². The Labute approximate surface area is 180 Å². The molecular formula is C23H25ClN4O2. The summed E-state index contributed by atoms with van der Waals surface area (Å²) in [4.78, 5) is 26.0. The Morgan fingerprint density at radius 2 is 1.73 bits per heavy atom. The number of aromatic nitrogens is 3. The van der Waals surface area contributed by atoms with Crippen molar-refractivity contribution in [3.05, 3.63) is 75.2 Å². The highest BCUT2D eigenvalue weighted by Crippen LogP contribution is 2.20. The van der Waals surface area contributed by atoms with E-state index in [9.17, 15) is 9.59 Å². The zero-order valence-electron chi connectivity index (χ0n) is 17.0. The molecule has 1 aliphatic rings. The molecule has 156 valence electrons. The molecule has 6 nitrogen and oxygen atoms in total. The van der Waals surface area contributed by atoms with Gasteiger partial charge in [0.1, 0.15) is 0 Å². The van der Waals surface area contributed by atoms with Crippen LogP contribution >= 0.6 is 11.6 Å². The summed E-state index contributed by atoms with van der Waals surface area (Å²) in [5.41, 5.74) is 2.39. The topological polar surface area (TPSA) is 68.9 Å². The molecule has 1 aromatic heterocycles. The number of hydrogen-bond acceptors (Lipinski definition) is 3. The van der Waals surface area contributed by atoms with Crippen LogP contribution in [-0.2, 0) is 6.54 Å². The van der Waals surface area contributed by atoms with Crippen LogP contribution < -0.4 is 11.0 Å². The van der Waals surface area contributed by atoms with Crippen molar-refractivity contribution in [2.45, 2.75) is 51.6 Å². The quantitative estimate of drug-likeness (QED) is 0.664. The summed E-state index contributed by atoms with van der Waals surface area (Å²) in [5.74, 6) is 0.441. The molecule has 0 atom stereocenters. The second-order valence-electron chi connectivity index (χ2n) is 7.88. The van der Waals surface area contributed by atoms with Crippen molar-refractivity contribution in [3.8, 4) is 11.4 Å². The zero-order chi connectivity index (χ0) is 21.1. The Bertz CT molecular complexity index is 1080. The third kappa shape index (κ3) is 4.49. The van der Waals surface area contributed by atoms with E-state index in [2.05, 4.69) is 10.4 Å². The van der Waals surface area contributed by atoms with Crippen LogP contribution in [0.5, 0.6) is 0 Å². The van der Waals surface area contributed by atoms with Gasteiger partial charge in [0.05, 0.1) is 6.54 Å². The molecule has 0 saturated heterocycles. The summed E-state index contributed by atoms with van der Waals surface area (Å²) in [5, 5.41) is 7.97. The number of nitrogens with zero attached hydrogens (tertiary/aromatic N) is 3. The highest BCUT2D eigenvalue weighted by Gasteiger charge is 2.22. The van der Waals surface area contributed by atoms with E-state index < -0.39 is 11.7 Å². The minimum absolute atomic E-state index is 0.0966. The maximum absolute atomic E-state index is 13.2. The van der Waals surface area contributed by atoms with Crippen molar-refractivity contribution < 1.29 is 4.79 Å². The van der Waals surface area contributed by atoms with E-state index in [1.54, 1.807) is 24.3 Å². The molecule has 0 aliphatic heterocycles. The molecule has 0 spiro atoms. The predicted molar refractivity (Wildman–Crippen MR) is 118 cm³/mol. The second-order valence-corrected chi connectivity index (χ2v) is 8.32. The maximum Gasteiger partial charge on any atom is 0.355 e. The number of halogens is 1. The molecule has 4 rings (SSSR count). The molecule has 3 aromatic rings. The van der Waals surface area contributed by atoms with Crippen LogP contribution in [0, 0.1) is 6.92 Å². The Balaban J connectivity index is 1.70. The highest BCUT2D eigenvalue weighted by atomic mass is 35.5. The Morgan fingerprint density at radius 3 is 2.40 bits per heavy atom. The van der Waals surface area contributed by atoms with Crippen LogP contribution in [0.2, 0.25) is 5.02 Å². The average molecular weight is 425 g/mol. The lowest BCUT2D eigenvalue weighted by atomic mass is 9.96. The van der Waals surface area contributed by atoms with Crippen LogP contribution in [0.4, 0.5) is 4.79 Å². The highest BCUT2D eigenvalue weighted by molar-refractivity contribution is 6.30. The number of amides is 1. The Morgan fingerprint density at radius 1 is 1.07 bits per heavy atom. The number of nitrogens with one attached hydrogen (secondary N) is 1. The summed E-state index contributed by atoms with van der Waals surface area (Å²) < 4.78 is 2.49. The third-order valence-corrected chi connectivity index (χ3v) is 5.80. The summed E-state index contributed by atoms with van der Waals surface area (Å²) in [6.07, 6.45) is 5.26. The molecule has 1 aliphatic carbocycles. The van der Waals surface area contributed by atoms with Gasteiger partial charge in [-0.15, -0.1) is 9.78 Å². The molecule has 1 fully saturated rings. The fraction of sp³-hybridized carbons (Fsp3) is 0.348. The SMILES string of the molecule is Cc1ccc(Cn2c(-c3ccc(Cl)cc3)nn(C(=O)NC3CCCCC3)c2=O)cc1. The van der Waals surface area contributed by atoms with Crippen LogP contribution in [0.3, 0.4) is 0 Å². The Hall–Kier alpha value is -2.86. The lowest BCUT2D eigenvalue weighted by Gasteiger charge is -2.22. The molecule has 30 heavy (non-hydrogen) atoms. The van der Waals surface area contributed by atoms with E-state index in [1.165, 1.54) is 11.0 Å². The van der Waals surface area contributed by atoms with E-state index >= 15 is 0 Å². The molecule has 1 heterocycles. The molecule has 0 bridgehead atoms. The molecule has 0 unspecified atom stereocenters. The van der Waals surface area contributed by atoms with Crippen LogP contribution in [0.25, 0.3) is 11.4 Å². The van der Waals surface area contributed by atoms with Gasteiger partial charge in [0.25, 0.3) is 0 Å². The molecule has 0 radical (unpaired) electrons. The van der Waals surface area contributed by atoms with Gasteiger partial charge in [0, 0.05) is 16.6 Å². The van der Waals surface area contributed by atoms with Crippen molar-refractivity contribution in [1.29, 1.82) is 0 Å². The minimum Gasteiger partial charge on any atom is -0.333 e. The number of benzene rings is 2. The second kappa shape index (κ2) is 8.88. The van der Waals surface area contributed by atoms with E-state index in [4.69, 9.17) is 11.6 Å². The molecule has 7 heteroatoms. The standard InChI is InChI=1S/C23H25ClN4O2/c1-16-7-9-17(10-8-16)15-27-21(18-11-13-19(24)14-12-18)26-28(23(27)30)22(29)25-20-5-3-2-4-6-20/h7-14,20H,2-6,15H2,1H3,(H,25,29). The summed E-state index contributed by atoms with van der Waals surface area (Å²) in [7, 11) is 0. The molecule has 1 saturated carbocycles. The summed E-state index contributed by atoms with van der Waals surface area (Å²) in [6, 6.07) is 14.7. The van der Waals surface area contributed by atoms with E-state index in [0.717, 1.165) is 47.1 Å². The van der Waals surface area contributed by atoms with Gasteiger partial charge in [0.2, 0.25) is 0 Å². The molecule has 1 N–H and O–H groups in total. The van der Waals surface area contributed by atoms with Gasteiger partial charge >= 0.3 is 11.7 Å². The molecule has 1 amide bonds. The summed E-state index contributed by atoms with van der Waals surface area (Å²) in [6.45, 7) is 2.34. The fourth-order valence-corrected chi connectivity index (χ4v) is 3.97. The van der Waals surface area contributed by atoms with Gasteiger partial charge in [-0.3, -0.25) is 4.57 Å². The lowest BCUT2D eigenvalue weighted by Crippen LogP contribution is -2.43. The first-order valence-electron chi connectivity index (χ1n) is 10.3. The zero-order valence-corrected chi connectivity index (χ0v) is 17.7. The number of carbonyl (C=O) groups excluding carboxylic acids is 1. The van der Waals surface area contributed by atoms with Gasteiger partial charge < -0.3 is 5.32 Å². The van der Waals surface area contributed by atoms with Crippen LogP contribution in [-0.4, -0.2) is 26.4 Å². The molecular weight excluding hydrogens is 400 g/mol. The largest absolute Gasteiger partial charge is 0.355 e. The number of aryl methyl sites for hydroxylation is 1. The van der Waals surface area contributed by atoms with E-state index in [0.29, 0.717) is 17.4 Å². The lowest BCUT2D eigenvalue weighted by molar-refractivity contribution is 0.230. The van der Waals surface area contributed by atoms with Crippen molar-refractivity contribution in [2.24, 2.45) is 0 Å².